The van der Waals surface area contributed by atoms with Gasteiger partial charge in [-0.05, 0) is 62.2 Å². The number of aryl methyl sites for hydroxylation is 1. The first-order chi connectivity index (χ1) is 16.6. The summed E-state index contributed by atoms with van der Waals surface area (Å²) in [5, 5.41) is 11.2. The lowest BCUT2D eigenvalue weighted by atomic mass is 9.94. The van der Waals surface area contributed by atoms with Crippen molar-refractivity contribution in [3.63, 3.8) is 0 Å². The molecule has 0 aliphatic carbocycles. The van der Waals surface area contributed by atoms with Gasteiger partial charge < -0.3 is 29.0 Å². The highest BCUT2D eigenvalue weighted by Gasteiger charge is 2.46. The highest BCUT2D eigenvalue weighted by Crippen LogP contribution is 2.45. The molecule has 9 heteroatoms. The summed E-state index contributed by atoms with van der Waals surface area (Å²) in [4.78, 5) is 27.6. The molecule has 1 amide bonds. The number of benzene rings is 2. The second-order valence-electron chi connectivity index (χ2n) is 8.33. The number of carbonyl (C=O) groups excluding carboxylic acids is 2. The Bertz CT molecular complexity index is 1130. The SMILES string of the molecule is COc1cc(C2/C(=C(\O)c3ccc(F)c(C)c3)C(=O)C(=O)N2CCOC(C)C)cc(OC)c1OC. The number of rotatable bonds is 9. The van der Waals surface area contributed by atoms with Crippen LogP contribution in [0.15, 0.2) is 35.9 Å². The van der Waals surface area contributed by atoms with E-state index in [0.29, 0.717) is 22.8 Å². The van der Waals surface area contributed by atoms with E-state index >= 15 is 0 Å². The van der Waals surface area contributed by atoms with E-state index in [4.69, 9.17) is 18.9 Å². The van der Waals surface area contributed by atoms with Gasteiger partial charge in [0.2, 0.25) is 5.75 Å². The number of aliphatic hydroxyl groups excluding tert-OH is 1. The van der Waals surface area contributed by atoms with Gasteiger partial charge in [0, 0.05) is 12.1 Å². The summed E-state index contributed by atoms with van der Waals surface area (Å²) < 4.78 is 35.7. The normalized spacial score (nSPS) is 17.3. The molecule has 8 nitrogen and oxygen atoms in total. The maximum Gasteiger partial charge on any atom is 0.295 e. The van der Waals surface area contributed by atoms with E-state index < -0.39 is 29.3 Å². The van der Waals surface area contributed by atoms with E-state index in [9.17, 15) is 19.1 Å². The molecule has 2 aromatic carbocycles. The fourth-order valence-corrected chi connectivity index (χ4v) is 4.05. The lowest BCUT2D eigenvalue weighted by Crippen LogP contribution is -2.33. The van der Waals surface area contributed by atoms with Crippen LogP contribution in [-0.2, 0) is 14.3 Å². The van der Waals surface area contributed by atoms with Crippen LogP contribution in [0.25, 0.3) is 5.76 Å². The Hall–Kier alpha value is -3.59. The lowest BCUT2D eigenvalue weighted by molar-refractivity contribution is -0.140. The Labute approximate surface area is 203 Å². The van der Waals surface area contributed by atoms with Crippen LogP contribution in [0.3, 0.4) is 0 Å². The third kappa shape index (κ3) is 5.09. The number of ether oxygens (including phenoxy) is 4. The van der Waals surface area contributed by atoms with Crippen LogP contribution in [0.1, 0.15) is 36.6 Å². The van der Waals surface area contributed by atoms with Crippen LogP contribution >= 0.6 is 0 Å². The zero-order valence-electron chi connectivity index (χ0n) is 20.7. The molecule has 1 aliphatic rings. The van der Waals surface area contributed by atoms with Gasteiger partial charge in [-0.2, -0.15) is 0 Å². The first-order valence-electron chi connectivity index (χ1n) is 11.1. The number of hydrogen-bond acceptors (Lipinski definition) is 7. The van der Waals surface area contributed by atoms with Crippen molar-refractivity contribution in [1.82, 2.24) is 4.90 Å². The predicted octanol–water partition coefficient (Wildman–Crippen LogP) is 4.01. The molecule has 2 aromatic rings. The molecule has 1 N–H and O–H groups in total. The summed E-state index contributed by atoms with van der Waals surface area (Å²) in [6.45, 7) is 5.55. The highest BCUT2D eigenvalue weighted by molar-refractivity contribution is 6.46. The van der Waals surface area contributed by atoms with Crippen molar-refractivity contribution in [2.75, 3.05) is 34.5 Å². The quantitative estimate of drug-likeness (QED) is 0.325. The molecular formula is C26H30FNO7. The first kappa shape index (κ1) is 26.0. The van der Waals surface area contributed by atoms with Gasteiger partial charge >= 0.3 is 0 Å². The molecule has 3 rings (SSSR count). The average Bonchev–Trinajstić information content (AvgIpc) is 3.09. The van der Waals surface area contributed by atoms with Gasteiger partial charge in [0.25, 0.3) is 11.7 Å². The van der Waals surface area contributed by atoms with Gasteiger partial charge in [0.1, 0.15) is 11.6 Å². The van der Waals surface area contributed by atoms with Crippen LogP contribution in [0, 0.1) is 12.7 Å². The van der Waals surface area contributed by atoms with E-state index in [1.807, 2.05) is 13.8 Å². The van der Waals surface area contributed by atoms with Crippen LogP contribution < -0.4 is 14.2 Å². The summed E-state index contributed by atoms with van der Waals surface area (Å²) in [5.74, 6) is -1.50. The molecule has 1 saturated heterocycles. The number of Topliss-reactive ketones (excluding diaryl/α,β-unsaturated/α-hetero) is 1. The van der Waals surface area contributed by atoms with Crippen molar-refractivity contribution in [2.24, 2.45) is 0 Å². The van der Waals surface area contributed by atoms with Gasteiger partial charge in [0.05, 0.1) is 45.7 Å². The molecule has 1 unspecified atom stereocenters. The maximum absolute atomic E-state index is 13.8. The zero-order valence-corrected chi connectivity index (χ0v) is 20.7. The van der Waals surface area contributed by atoms with E-state index in [2.05, 4.69) is 0 Å². The standard InChI is InChI=1S/C26H30FNO7/c1-14(2)35-10-9-28-22(17-12-19(32-4)25(34-6)20(13-17)33-5)21(24(30)26(28)31)23(29)16-7-8-18(27)15(3)11-16/h7-8,11-14,22,29H,9-10H2,1-6H3/b23-21+. The van der Waals surface area contributed by atoms with E-state index in [1.165, 1.54) is 44.4 Å². The second-order valence-corrected chi connectivity index (χ2v) is 8.33. The number of ketones is 1. The van der Waals surface area contributed by atoms with Crippen molar-refractivity contribution in [3.8, 4) is 17.2 Å². The smallest absolute Gasteiger partial charge is 0.295 e. The number of nitrogens with zero attached hydrogens (tertiary/aromatic N) is 1. The minimum atomic E-state index is -0.968. The molecule has 35 heavy (non-hydrogen) atoms. The number of likely N-dealkylation sites (tertiary alicyclic amines) is 1. The fourth-order valence-electron chi connectivity index (χ4n) is 4.05. The summed E-state index contributed by atoms with van der Waals surface area (Å²) >= 11 is 0. The topological polar surface area (TPSA) is 94.5 Å². The molecule has 0 bridgehead atoms. The third-order valence-electron chi connectivity index (χ3n) is 5.76. The molecule has 0 spiro atoms. The molecule has 188 valence electrons. The first-order valence-corrected chi connectivity index (χ1v) is 11.1. The Balaban J connectivity index is 2.23. The maximum atomic E-state index is 13.8. The minimum absolute atomic E-state index is 0.0753. The Morgan fingerprint density at radius 3 is 2.20 bits per heavy atom. The van der Waals surface area contributed by atoms with Gasteiger partial charge in [-0.25, -0.2) is 4.39 Å². The van der Waals surface area contributed by atoms with Gasteiger partial charge in [0.15, 0.2) is 11.5 Å². The van der Waals surface area contributed by atoms with Gasteiger partial charge in [-0.3, -0.25) is 9.59 Å². The van der Waals surface area contributed by atoms with Crippen LogP contribution in [0.5, 0.6) is 17.2 Å². The monoisotopic (exact) mass is 487 g/mol. The summed E-state index contributed by atoms with van der Waals surface area (Å²) in [7, 11) is 4.37. The molecule has 0 radical (unpaired) electrons. The predicted molar refractivity (Wildman–Crippen MR) is 127 cm³/mol. The fraction of sp³-hybridized carbons (Fsp3) is 0.385. The number of methoxy groups -OCH3 is 3. The van der Waals surface area contributed by atoms with E-state index in [-0.39, 0.29) is 36.0 Å². The Morgan fingerprint density at radius 2 is 1.69 bits per heavy atom. The van der Waals surface area contributed by atoms with Crippen molar-refractivity contribution >= 4 is 17.4 Å². The number of aliphatic hydroxyl groups is 1. The largest absolute Gasteiger partial charge is 0.507 e. The number of hydrogen-bond donors (Lipinski definition) is 1. The molecule has 1 aliphatic heterocycles. The molecular weight excluding hydrogens is 457 g/mol. The van der Waals surface area contributed by atoms with Crippen LogP contribution in [-0.4, -0.2) is 62.3 Å². The number of carbonyl (C=O) groups is 2. The third-order valence-corrected chi connectivity index (χ3v) is 5.76. The van der Waals surface area contributed by atoms with Gasteiger partial charge in [-0.1, -0.05) is 0 Å². The summed E-state index contributed by atoms with van der Waals surface area (Å²) in [6.07, 6.45) is -0.0753. The highest BCUT2D eigenvalue weighted by atomic mass is 19.1. The molecule has 1 fully saturated rings. The van der Waals surface area contributed by atoms with Crippen LogP contribution in [0.4, 0.5) is 4.39 Å². The molecule has 1 heterocycles. The number of halogens is 1. The summed E-state index contributed by atoms with van der Waals surface area (Å²) in [6, 6.07) is 6.26. The van der Waals surface area contributed by atoms with Crippen molar-refractivity contribution in [1.29, 1.82) is 0 Å². The average molecular weight is 488 g/mol. The minimum Gasteiger partial charge on any atom is -0.507 e. The lowest BCUT2D eigenvalue weighted by Gasteiger charge is -2.27. The molecule has 0 aromatic heterocycles. The van der Waals surface area contributed by atoms with Crippen molar-refractivity contribution in [2.45, 2.75) is 32.9 Å². The summed E-state index contributed by atoms with van der Waals surface area (Å²) in [5.41, 5.74) is 0.846. The molecule has 0 saturated carbocycles. The van der Waals surface area contributed by atoms with Gasteiger partial charge in [-0.15, -0.1) is 0 Å². The van der Waals surface area contributed by atoms with Crippen LogP contribution in [0.2, 0.25) is 0 Å². The molecule has 1 atom stereocenters. The Morgan fingerprint density at radius 1 is 1.06 bits per heavy atom. The van der Waals surface area contributed by atoms with E-state index in [1.54, 1.807) is 19.1 Å². The second kappa shape index (κ2) is 10.8. The van der Waals surface area contributed by atoms with Crippen molar-refractivity contribution < 1.29 is 38.0 Å². The zero-order chi connectivity index (χ0) is 25.9. The number of amides is 1. The van der Waals surface area contributed by atoms with Crippen molar-refractivity contribution in [3.05, 3.63) is 58.4 Å². The Kier molecular flexibility index (Phi) is 8.01. The van der Waals surface area contributed by atoms with E-state index in [0.717, 1.165) is 0 Å².